The lowest BCUT2D eigenvalue weighted by Crippen LogP contribution is -2.02. The average molecular weight is 341 g/mol. The zero-order valence-electron chi connectivity index (χ0n) is 10.8. The van der Waals surface area contributed by atoms with E-state index in [1.165, 1.54) is 0 Å². The van der Waals surface area contributed by atoms with Gasteiger partial charge in [-0.15, -0.1) is 0 Å². The standard InChI is InChI=1S/C15H15BrClNO/c1-10-7-12(17)3-6-15(10)18-9-11-8-13(19-2)4-5-14(11)16/h3-8,18H,9H2,1-2H3. The summed E-state index contributed by atoms with van der Waals surface area (Å²) in [6.07, 6.45) is 0. The molecule has 2 aromatic rings. The van der Waals surface area contributed by atoms with Crippen LogP contribution in [0.4, 0.5) is 5.69 Å². The van der Waals surface area contributed by atoms with Crippen molar-refractivity contribution < 1.29 is 4.74 Å². The van der Waals surface area contributed by atoms with Gasteiger partial charge in [0.25, 0.3) is 0 Å². The molecule has 0 heterocycles. The van der Waals surface area contributed by atoms with Crippen LogP contribution >= 0.6 is 27.5 Å². The van der Waals surface area contributed by atoms with Crippen LogP contribution in [0.3, 0.4) is 0 Å². The van der Waals surface area contributed by atoms with Crippen molar-refractivity contribution in [2.45, 2.75) is 13.5 Å². The predicted molar refractivity (Wildman–Crippen MR) is 84.2 cm³/mol. The van der Waals surface area contributed by atoms with Crippen molar-refractivity contribution in [2.24, 2.45) is 0 Å². The fraction of sp³-hybridized carbons (Fsp3) is 0.200. The van der Waals surface area contributed by atoms with Gasteiger partial charge in [-0.2, -0.15) is 0 Å². The summed E-state index contributed by atoms with van der Waals surface area (Å²) < 4.78 is 6.30. The van der Waals surface area contributed by atoms with Crippen molar-refractivity contribution in [3.05, 3.63) is 57.0 Å². The molecular weight excluding hydrogens is 326 g/mol. The maximum Gasteiger partial charge on any atom is 0.119 e. The molecule has 0 aliphatic rings. The minimum atomic E-state index is 0.722. The van der Waals surface area contributed by atoms with Gasteiger partial charge in [0.1, 0.15) is 5.75 Å². The van der Waals surface area contributed by atoms with Gasteiger partial charge in [-0.3, -0.25) is 0 Å². The third kappa shape index (κ3) is 3.64. The molecular formula is C15H15BrClNO. The molecule has 2 nitrogen and oxygen atoms in total. The maximum atomic E-state index is 5.95. The quantitative estimate of drug-likeness (QED) is 0.842. The largest absolute Gasteiger partial charge is 0.497 e. The molecule has 0 saturated carbocycles. The van der Waals surface area contributed by atoms with Crippen molar-refractivity contribution in [2.75, 3.05) is 12.4 Å². The Balaban J connectivity index is 2.14. The van der Waals surface area contributed by atoms with Crippen LogP contribution in [0, 0.1) is 6.92 Å². The third-order valence-electron chi connectivity index (χ3n) is 2.91. The summed E-state index contributed by atoms with van der Waals surface area (Å²) in [6, 6.07) is 11.8. The Bertz CT molecular complexity index is 586. The average Bonchev–Trinajstić information content (AvgIpc) is 2.39. The van der Waals surface area contributed by atoms with Gasteiger partial charge < -0.3 is 10.1 Å². The second-order valence-electron chi connectivity index (χ2n) is 4.27. The number of hydrogen-bond donors (Lipinski definition) is 1. The molecule has 1 N–H and O–H groups in total. The summed E-state index contributed by atoms with van der Waals surface area (Å²) in [5, 5.41) is 4.16. The second-order valence-corrected chi connectivity index (χ2v) is 5.56. The Morgan fingerprint density at radius 2 is 2.00 bits per heavy atom. The molecule has 0 fully saturated rings. The molecule has 0 aromatic heterocycles. The number of methoxy groups -OCH3 is 1. The topological polar surface area (TPSA) is 21.3 Å². The highest BCUT2D eigenvalue weighted by Crippen LogP contribution is 2.25. The van der Waals surface area contributed by atoms with E-state index in [1.807, 2.05) is 43.3 Å². The van der Waals surface area contributed by atoms with E-state index >= 15 is 0 Å². The van der Waals surface area contributed by atoms with E-state index in [9.17, 15) is 0 Å². The lowest BCUT2D eigenvalue weighted by molar-refractivity contribution is 0.414. The van der Waals surface area contributed by atoms with E-state index in [2.05, 4.69) is 21.2 Å². The first kappa shape index (κ1) is 14.2. The molecule has 2 aromatic carbocycles. The molecule has 0 radical (unpaired) electrons. The first-order valence-electron chi connectivity index (χ1n) is 5.92. The summed E-state index contributed by atoms with van der Waals surface area (Å²) in [5.41, 5.74) is 3.36. The fourth-order valence-electron chi connectivity index (χ4n) is 1.83. The highest BCUT2D eigenvalue weighted by atomic mass is 79.9. The highest BCUT2D eigenvalue weighted by molar-refractivity contribution is 9.10. The number of ether oxygens (including phenoxy) is 1. The van der Waals surface area contributed by atoms with Gasteiger partial charge in [-0.05, 0) is 54.4 Å². The molecule has 0 spiro atoms. The summed E-state index contributed by atoms with van der Waals surface area (Å²) in [5.74, 6) is 0.854. The van der Waals surface area contributed by atoms with Gasteiger partial charge in [0.05, 0.1) is 7.11 Å². The summed E-state index contributed by atoms with van der Waals surface area (Å²) in [4.78, 5) is 0. The first-order valence-corrected chi connectivity index (χ1v) is 7.09. The van der Waals surface area contributed by atoms with Crippen molar-refractivity contribution in [3.63, 3.8) is 0 Å². The molecule has 0 aliphatic carbocycles. The van der Waals surface area contributed by atoms with Crippen molar-refractivity contribution in [1.82, 2.24) is 0 Å². The number of halogens is 2. The Labute approximate surface area is 126 Å². The van der Waals surface area contributed by atoms with Gasteiger partial charge in [-0.25, -0.2) is 0 Å². The zero-order valence-corrected chi connectivity index (χ0v) is 13.2. The lowest BCUT2D eigenvalue weighted by atomic mass is 10.1. The molecule has 19 heavy (non-hydrogen) atoms. The molecule has 4 heteroatoms. The van der Waals surface area contributed by atoms with E-state index in [4.69, 9.17) is 16.3 Å². The summed E-state index contributed by atoms with van der Waals surface area (Å²) >= 11 is 9.49. The molecule has 0 atom stereocenters. The van der Waals surface area contributed by atoms with E-state index in [-0.39, 0.29) is 0 Å². The van der Waals surface area contributed by atoms with Crippen LogP contribution in [0.2, 0.25) is 5.02 Å². The Kier molecular flexibility index (Phi) is 4.72. The monoisotopic (exact) mass is 339 g/mol. The van der Waals surface area contributed by atoms with Gasteiger partial charge in [0.15, 0.2) is 0 Å². The minimum Gasteiger partial charge on any atom is -0.497 e. The van der Waals surface area contributed by atoms with Gasteiger partial charge in [0, 0.05) is 21.7 Å². The van der Waals surface area contributed by atoms with Crippen molar-refractivity contribution in [1.29, 1.82) is 0 Å². The van der Waals surface area contributed by atoms with Crippen LogP contribution in [-0.4, -0.2) is 7.11 Å². The number of aryl methyl sites for hydroxylation is 1. The highest BCUT2D eigenvalue weighted by Gasteiger charge is 2.04. The molecule has 2 rings (SSSR count). The van der Waals surface area contributed by atoms with E-state index in [0.717, 1.165) is 38.6 Å². The maximum absolute atomic E-state index is 5.95. The Hall–Kier alpha value is -1.19. The van der Waals surface area contributed by atoms with Crippen LogP contribution in [0.5, 0.6) is 5.75 Å². The smallest absolute Gasteiger partial charge is 0.119 e. The van der Waals surface area contributed by atoms with Crippen LogP contribution in [-0.2, 0) is 6.54 Å². The fourth-order valence-corrected chi connectivity index (χ4v) is 2.44. The zero-order chi connectivity index (χ0) is 13.8. The van der Waals surface area contributed by atoms with E-state index in [0.29, 0.717) is 0 Å². The van der Waals surface area contributed by atoms with Gasteiger partial charge in [-0.1, -0.05) is 27.5 Å². The Morgan fingerprint density at radius 1 is 1.21 bits per heavy atom. The number of benzene rings is 2. The molecule has 0 amide bonds. The van der Waals surface area contributed by atoms with Crippen LogP contribution in [0.15, 0.2) is 40.9 Å². The van der Waals surface area contributed by atoms with Crippen LogP contribution < -0.4 is 10.1 Å². The Morgan fingerprint density at radius 3 is 2.68 bits per heavy atom. The molecule has 0 unspecified atom stereocenters. The van der Waals surface area contributed by atoms with Crippen molar-refractivity contribution >= 4 is 33.2 Å². The number of rotatable bonds is 4. The normalized spacial score (nSPS) is 10.3. The van der Waals surface area contributed by atoms with Gasteiger partial charge >= 0.3 is 0 Å². The number of hydrogen-bond acceptors (Lipinski definition) is 2. The molecule has 0 bridgehead atoms. The summed E-state index contributed by atoms with van der Waals surface area (Å²) in [7, 11) is 1.67. The number of anilines is 1. The SMILES string of the molecule is COc1ccc(Br)c(CNc2ccc(Cl)cc2C)c1. The number of nitrogens with one attached hydrogen (secondary N) is 1. The van der Waals surface area contributed by atoms with Crippen LogP contribution in [0.1, 0.15) is 11.1 Å². The predicted octanol–water partition coefficient (Wildman–Crippen LogP) is 5.03. The molecule has 0 saturated heterocycles. The lowest BCUT2D eigenvalue weighted by Gasteiger charge is -2.12. The van der Waals surface area contributed by atoms with Crippen LogP contribution in [0.25, 0.3) is 0 Å². The van der Waals surface area contributed by atoms with Gasteiger partial charge in [0.2, 0.25) is 0 Å². The van der Waals surface area contributed by atoms with E-state index in [1.54, 1.807) is 7.11 Å². The molecule has 0 aliphatic heterocycles. The third-order valence-corrected chi connectivity index (χ3v) is 3.92. The van der Waals surface area contributed by atoms with E-state index < -0.39 is 0 Å². The van der Waals surface area contributed by atoms with Crippen molar-refractivity contribution in [3.8, 4) is 5.75 Å². The minimum absolute atomic E-state index is 0.722. The first-order chi connectivity index (χ1) is 9.10. The molecule has 100 valence electrons. The summed E-state index contributed by atoms with van der Waals surface area (Å²) in [6.45, 7) is 2.76. The second kappa shape index (κ2) is 6.31.